The number of ether oxygens (including phenoxy) is 1. The van der Waals surface area contributed by atoms with Gasteiger partial charge in [-0.3, -0.25) is 0 Å². The van der Waals surface area contributed by atoms with Gasteiger partial charge in [0.05, 0.1) is 12.3 Å². The Labute approximate surface area is 127 Å². The van der Waals surface area contributed by atoms with Crippen molar-refractivity contribution < 1.29 is 9.26 Å². The summed E-state index contributed by atoms with van der Waals surface area (Å²) in [6.07, 6.45) is 6.01. The maximum atomic E-state index is 5.69. The first-order valence-electron chi connectivity index (χ1n) is 7.04. The molecule has 0 aliphatic rings. The second-order valence-electron chi connectivity index (χ2n) is 4.84. The first-order valence-corrected chi connectivity index (χ1v) is 7.04. The third kappa shape index (κ3) is 3.27. The Balaban J connectivity index is 1.76. The molecule has 3 heterocycles. The van der Waals surface area contributed by atoms with Gasteiger partial charge >= 0.3 is 0 Å². The Morgan fingerprint density at radius 1 is 1.36 bits per heavy atom. The van der Waals surface area contributed by atoms with E-state index in [9.17, 15) is 0 Å². The molecule has 0 fully saturated rings. The normalized spacial score (nSPS) is 12.3. The van der Waals surface area contributed by atoms with Gasteiger partial charge in [0.2, 0.25) is 5.88 Å². The van der Waals surface area contributed by atoms with E-state index in [0.717, 1.165) is 12.0 Å². The maximum Gasteiger partial charge on any atom is 0.258 e. The Kier molecular flexibility index (Phi) is 4.08. The van der Waals surface area contributed by atoms with E-state index in [-0.39, 0.29) is 6.10 Å². The maximum absolute atomic E-state index is 5.69. The van der Waals surface area contributed by atoms with Crippen LogP contribution < -0.4 is 4.74 Å². The van der Waals surface area contributed by atoms with Crippen LogP contribution in [0.5, 0.6) is 5.88 Å². The van der Waals surface area contributed by atoms with Gasteiger partial charge in [0, 0.05) is 24.0 Å². The Morgan fingerprint density at radius 2 is 2.27 bits per heavy atom. The minimum atomic E-state index is 0.105. The standard InChI is InChI=1S/C14H16N6O2/c1-3-10(2)21-13-8-11(4-5-15-13)14-17-12(18-22-14)9-20-7-6-16-19-20/h4-8,10H,3,9H2,1-2H3. The van der Waals surface area contributed by atoms with Crippen molar-refractivity contribution in [3.05, 3.63) is 36.5 Å². The van der Waals surface area contributed by atoms with Crippen LogP contribution >= 0.6 is 0 Å². The van der Waals surface area contributed by atoms with Crippen molar-refractivity contribution in [3.8, 4) is 17.3 Å². The molecule has 3 aromatic rings. The molecule has 0 N–H and O–H groups in total. The minimum Gasteiger partial charge on any atom is -0.475 e. The molecular weight excluding hydrogens is 284 g/mol. The average Bonchev–Trinajstić information content (AvgIpc) is 3.20. The van der Waals surface area contributed by atoms with Crippen molar-refractivity contribution in [1.29, 1.82) is 0 Å². The molecule has 0 saturated carbocycles. The molecule has 1 atom stereocenters. The Hall–Kier alpha value is -2.77. The van der Waals surface area contributed by atoms with Crippen molar-refractivity contribution in [2.75, 3.05) is 0 Å². The van der Waals surface area contributed by atoms with Gasteiger partial charge in [0.15, 0.2) is 5.82 Å². The molecule has 114 valence electrons. The summed E-state index contributed by atoms with van der Waals surface area (Å²) in [6, 6.07) is 3.59. The van der Waals surface area contributed by atoms with Gasteiger partial charge < -0.3 is 9.26 Å². The Bertz CT molecular complexity index is 725. The summed E-state index contributed by atoms with van der Waals surface area (Å²) >= 11 is 0. The molecule has 3 rings (SSSR count). The summed E-state index contributed by atoms with van der Waals surface area (Å²) in [4.78, 5) is 8.53. The van der Waals surface area contributed by atoms with Gasteiger partial charge in [-0.1, -0.05) is 17.3 Å². The van der Waals surface area contributed by atoms with Gasteiger partial charge in [-0.05, 0) is 19.4 Å². The highest BCUT2D eigenvalue weighted by Gasteiger charge is 2.11. The molecule has 3 aromatic heterocycles. The topological polar surface area (TPSA) is 91.8 Å². The fourth-order valence-corrected chi connectivity index (χ4v) is 1.79. The fourth-order valence-electron chi connectivity index (χ4n) is 1.79. The number of nitrogens with zero attached hydrogens (tertiary/aromatic N) is 6. The number of rotatable bonds is 6. The summed E-state index contributed by atoms with van der Waals surface area (Å²) in [6.45, 7) is 4.46. The second kappa shape index (κ2) is 6.33. The van der Waals surface area contributed by atoms with Crippen LogP contribution in [0.25, 0.3) is 11.5 Å². The van der Waals surface area contributed by atoms with Crippen LogP contribution in [0.3, 0.4) is 0 Å². The quantitative estimate of drug-likeness (QED) is 0.687. The third-order valence-electron chi connectivity index (χ3n) is 3.12. The molecule has 1 unspecified atom stereocenters. The molecule has 0 aliphatic carbocycles. The zero-order chi connectivity index (χ0) is 15.4. The molecular formula is C14H16N6O2. The molecule has 8 heteroatoms. The molecule has 0 radical (unpaired) electrons. The van der Waals surface area contributed by atoms with E-state index in [4.69, 9.17) is 9.26 Å². The van der Waals surface area contributed by atoms with Crippen molar-refractivity contribution in [1.82, 2.24) is 30.1 Å². The molecule has 22 heavy (non-hydrogen) atoms. The summed E-state index contributed by atoms with van der Waals surface area (Å²) in [5, 5.41) is 11.5. The molecule has 0 aliphatic heterocycles. The first-order chi connectivity index (χ1) is 10.7. The first kappa shape index (κ1) is 14.2. The number of aromatic nitrogens is 6. The smallest absolute Gasteiger partial charge is 0.258 e. The van der Waals surface area contributed by atoms with Gasteiger partial charge in [0.25, 0.3) is 5.89 Å². The minimum absolute atomic E-state index is 0.105. The highest BCUT2D eigenvalue weighted by Crippen LogP contribution is 2.21. The van der Waals surface area contributed by atoms with Gasteiger partial charge in [-0.2, -0.15) is 4.98 Å². The molecule has 0 aromatic carbocycles. The lowest BCUT2D eigenvalue weighted by atomic mass is 10.2. The summed E-state index contributed by atoms with van der Waals surface area (Å²) in [5.74, 6) is 1.50. The van der Waals surface area contributed by atoms with E-state index in [1.165, 1.54) is 0 Å². The van der Waals surface area contributed by atoms with Crippen LogP contribution in [0, 0.1) is 0 Å². The van der Waals surface area contributed by atoms with Crippen molar-refractivity contribution >= 4 is 0 Å². The van der Waals surface area contributed by atoms with Crippen LogP contribution in [-0.2, 0) is 6.54 Å². The number of hydrogen-bond acceptors (Lipinski definition) is 7. The van der Waals surface area contributed by atoms with Crippen LogP contribution in [0.4, 0.5) is 0 Å². The zero-order valence-electron chi connectivity index (χ0n) is 12.4. The van der Waals surface area contributed by atoms with Crippen LogP contribution in [0.1, 0.15) is 26.1 Å². The van der Waals surface area contributed by atoms with Gasteiger partial charge in [-0.25, -0.2) is 9.67 Å². The lowest BCUT2D eigenvalue weighted by molar-refractivity contribution is 0.208. The summed E-state index contributed by atoms with van der Waals surface area (Å²) in [7, 11) is 0. The molecule has 0 saturated heterocycles. The van der Waals surface area contributed by atoms with Crippen molar-refractivity contribution in [3.63, 3.8) is 0 Å². The van der Waals surface area contributed by atoms with Crippen LogP contribution in [-0.4, -0.2) is 36.2 Å². The van der Waals surface area contributed by atoms with E-state index in [0.29, 0.717) is 24.1 Å². The predicted molar refractivity (Wildman–Crippen MR) is 77.0 cm³/mol. The van der Waals surface area contributed by atoms with E-state index in [2.05, 4.69) is 32.4 Å². The molecule has 0 spiro atoms. The van der Waals surface area contributed by atoms with E-state index >= 15 is 0 Å². The second-order valence-corrected chi connectivity index (χ2v) is 4.84. The fraction of sp³-hybridized carbons (Fsp3) is 0.357. The Morgan fingerprint density at radius 3 is 3.05 bits per heavy atom. The van der Waals surface area contributed by atoms with Crippen LogP contribution in [0.15, 0.2) is 35.2 Å². The SMILES string of the molecule is CCC(C)Oc1cc(-c2nc(Cn3ccnn3)no2)ccn1. The lowest BCUT2D eigenvalue weighted by Gasteiger charge is -2.11. The predicted octanol–water partition coefficient (Wildman–Crippen LogP) is 1.95. The van der Waals surface area contributed by atoms with Crippen molar-refractivity contribution in [2.24, 2.45) is 0 Å². The molecule has 8 nitrogen and oxygen atoms in total. The van der Waals surface area contributed by atoms with Crippen LogP contribution in [0.2, 0.25) is 0 Å². The highest BCUT2D eigenvalue weighted by molar-refractivity contribution is 5.53. The van der Waals surface area contributed by atoms with Gasteiger partial charge in [0.1, 0.15) is 6.54 Å². The monoisotopic (exact) mass is 300 g/mol. The van der Waals surface area contributed by atoms with Crippen molar-refractivity contribution in [2.45, 2.75) is 32.9 Å². The van der Waals surface area contributed by atoms with E-state index in [1.807, 2.05) is 6.92 Å². The number of pyridine rings is 1. The lowest BCUT2D eigenvalue weighted by Crippen LogP contribution is -2.10. The number of hydrogen-bond donors (Lipinski definition) is 0. The summed E-state index contributed by atoms with van der Waals surface area (Å²) < 4.78 is 12.6. The van der Waals surface area contributed by atoms with E-state index < -0.39 is 0 Å². The molecule has 0 amide bonds. The van der Waals surface area contributed by atoms with Gasteiger partial charge in [-0.15, -0.1) is 5.10 Å². The molecule has 0 bridgehead atoms. The average molecular weight is 300 g/mol. The largest absolute Gasteiger partial charge is 0.475 e. The highest BCUT2D eigenvalue weighted by atomic mass is 16.5. The van der Waals surface area contributed by atoms with E-state index in [1.54, 1.807) is 35.4 Å². The summed E-state index contributed by atoms with van der Waals surface area (Å²) in [5.41, 5.74) is 0.769. The third-order valence-corrected chi connectivity index (χ3v) is 3.12. The zero-order valence-corrected chi connectivity index (χ0v) is 12.4.